The molecule has 30 heavy (non-hydrogen) atoms. The van der Waals surface area contributed by atoms with Crippen molar-refractivity contribution in [2.75, 3.05) is 10.6 Å². The first-order chi connectivity index (χ1) is 14.7. The smallest absolute Gasteiger partial charge is 0.0788 e. The molecule has 0 spiro atoms. The summed E-state index contributed by atoms with van der Waals surface area (Å²) in [6.45, 7) is 0. The van der Waals surface area contributed by atoms with Crippen LogP contribution in [0.25, 0.3) is 0 Å². The maximum absolute atomic E-state index is 6.42. The van der Waals surface area contributed by atoms with Crippen LogP contribution in [-0.4, -0.2) is 0 Å². The zero-order chi connectivity index (χ0) is 20.5. The van der Waals surface area contributed by atoms with Crippen molar-refractivity contribution in [1.29, 1.82) is 0 Å². The Hall–Kier alpha value is -2.94. The first-order valence-electron chi connectivity index (χ1n) is 9.91. The first kappa shape index (κ1) is 19.0. The molecule has 0 aliphatic carbocycles. The van der Waals surface area contributed by atoms with Gasteiger partial charge in [0.2, 0.25) is 0 Å². The second-order valence-corrected chi connectivity index (χ2v) is 8.31. The van der Waals surface area contributed by atoms with Crippen LogP contribution in [0.4, 0.5) is 11.4 Å². The van der Waals surface area contributed by atoms with Crippen LogP contribution in [0.1, 0.15) is 34.3 Å². The van der Waals surface area contributed by atoms with Gasteiger partial charge in [-0.1, -0.05) is 83.9 Å². The van der Waals surface area contributed by atoms with Crippen molar-refractivity contribution in [3.05, 3.63) is 129 Å². The van der Waals surface area contributed by atoms with Crippen molar-refractivity contribution in [3.8, 4) is 0 Å². The maximum atomic E-state index is 6.42. The Labute approximate surface area is 186 Å². The van der Waals surface area contributed by atoms with Crippen molar-refractivity contribution >= 4 is 34.6 Å². The fourth-order valence-corrected chi connectivity index (χ4v) is 4.45. The summed E-state index contributed by atoms with van der Waals surface area (Å²) in [5, 5.41) is 8.97. The van der Waals surface area contributed by atoms with E-state index in [2.05, 4.69) is 71.3 Å². The van der Waals surface area contributed by atoms with E-state index in [1.807, 2.05) is 36.4 Å². The van der Waals surface area contributed by atoms with Gasteiger partial charge in [-0.25, -0.2) is 0 Å². The average molecular weight is 431 g/mol. The minimum atomic E-state index is -0.0518. The highest BCUT2D eigenvalue weighted by atomic mass is 35.5. The third-order valence-electron chi connectivity index (χ3n) is 5.51. The molecule has 148 valence electrons. The Morgan fingerprint density at radius 2 is 0.900 bits per heavy atom. The van der Waals surface area contributed by atoms with Crippen molar-refractivity contribution in [2.45, 2.75) is 12.1 Å². The van der Waals surface area contributed by atoms with Gasteiger partial charge in [0.1, 0.15) is 0 Å². The van der Waals surface area contributed by atoms with Gasteiger partial charge in [-0.2, -0.15) is 0 Å². The standard InChI is InChI=1S/C26H20Cl2N2/c27-19-11-13-23-21(15-19)25(17-7-3-1-4-8-17)29-24-14-12-20(28)16-22(24)26(30-23)18-9-5-2-6-10-18/h1-16,25-26,29-30H/t25-,26+. The molecule has 4 heteroatoms. The number of fused-ring (bicyclic) bond motifs is 2. The van der Waals surface area contributed by atoms with Gasteiger partial charge in [0.15, 0.2) is 0 Å². The lowest BCUT2D eigenvalue weighted by Crippen LogP contribution is -2.23. The van der Waals surface area contributed by atoms with Crippen molar-refractivity contribution < 1.29 is 0 Å². The van der Waals surface area contributed by atoms with Gasteiger partial charge in [-0.3, -0.25) is 0 Å². The van der Waals surface area contributed by atoms with Crippen LogP contribution in [0.2, 0.25) is 10.0 Å². The number of hydrogen-bond donors (Lipinski definition) is 2. The van der Waals surface area contributed by atoms with Gasteiger partial charge in [-0.15, -0.1) is 0 Å². The van der Waals surface area contributed by atoms with Gasteiger partial charge < -0.3 is 10.6 Å². The third-order valence-corrected chi connectivity index (χ3v) is 5.98. The van der Waals surface area contributed by atoms with Gasteiger partial charge >= 0.3 is 0 Å². The van der Waals surface area contributed by atoms with E-state index in [1.54, 1.807) is 0 Å². The van der Waals surface area contributed by atoms with Crippen molar-refractivity contribution in [3.63, 3.8) is 0 Å². The molecule has 2 nitrogen and oxygen atoms in total. The van der Waals surface area contributed by atoms with Crippen LogP contribution in [0.3, 0.4) is 0 Å². The lowest BCUT2D eigenvalue weighted by atomic mass is 9.90. The molecule has 0 saturated heterocycles. The SMILES string of the molecule is Clc1ccc2c(c1)[C@@H](c1ccccc1)Nc1ccc(Cl)cc1[C@H](c1ccccc1)N2. The van der Waals surface area contributed by atoms with E-state index in [0.717, 1.165) is 22.5 Å². The van der Waals surface area contributed by atoms with Crippen LogP contribution in [0, 0.1) is 0 Å². The minimum Gasteiger partial charge on any atom is -0.374 e. The highest BCUT2D eigenvalue weighted by Crippen LogP contribution is 2.42. The molecule has 1 heterocycles. The van der Waals surface area contributed by atoms with E-state index >= 15 is 0 Å². The Morgan fingerprint density at radius 1 is 0.500 bits per heavy atom. The van der Waals surface area contributed by atoms with E-state index in [1.165, 1.54) is 11.1 Å². The van der Waals surface area contributed by atoms with E-state index in [4.69, 9.17) is 23.2 Å². The Morgan fingerprint density at radius 3 is 1.30 bits per heavy atom. The third kappa shape index (κ3) is 3.65. The number of anilines is 2. The van der Waals surface area contributed by atoms with Crippen LogP contribution in [0.15, 0.2) is 97.1 Å². The summed E-state index contributed by atoms with van der Waals surface area (Å²) in [4.78, 5) is 0. The second kappa shape index (κ2) is 8.06. The van der Waals surface area contributed by atoms with Crippen molar-refractivity contribution in [1.82, 2.24) is 0 Å². The van der Waals surface area contributed by atoms with Gasteiger partial charge in [0.25, 0.3) is 0 Å². The monoisotopic (exact) mass is 430 g/mol. The summed E-state index contributed by atoms with van der Waals surface area (Å²) in [5.74, 6) is 0. The van der Waals surface area contributed by atoms with Gasteiger partial charge in [-0.05, 0) is 47.5 Å². The fraction of sp³-hybridized carbons (Fsp3) is 0.0769. The summed E-state index contributed by atoms with van der Waals surface area (Å²) >= 11 is 12.8. The molecule has 4 aromatic rings. The molecule has 0 aromatic heterocycles. The Bertz CT molecular complexity index is 1080. The largest absolute Gasteiger partial charge is 0.374 e. The molecular weight excluding hydrogens is 411 g/mol. The molecule has 1 aliphatic rings. The predicted octanol–water partition coefficient (Wildman–Crippen LogP) is 7.71. The molecule has 0 radical (unpaired) electrons. The topological polar surface area (TPSA) is 24.1 Å². The van der Waals surface area contributed by atoms with Crippen LogP contribution >= 0.6 is 23.2 Å². The molecule has 4 aromatic carbocycles. The lowest BCUT2D eigenvalue weighted by molar-refractivity contribution is 0.870. The van der Waals surface area contributed by atoms with E-state index in [0.29, 0.717) is 10.0 Å². The molecule has 0 fully saturated rings. The van der Waals surface area contributed by atoms with Crippen LogP contribution in [0.5, 0.6) is 0 Å². The molecule has 0 bridgehead atoms. The number of rotatable bonds is 2. The number of nitrogens with one attached hydrogen (secondary N) is 2. The van der Waals surface area contributed by atoms with Gasteiger partial charge in [0.05, 0.1) is 12.1 Å². The number of benzene rings is 4. The number of hydrogen-bond acceptors (Lipinski definition) is 2. The predicted molar refractivity (Wildman–Crippen MR) is 127 cm³/mol. The summed E-state index contributed by atoms with van der Waals surface area (Å²) in [6, 6.07) is 32.8. The summed E-state index contributed by atoms with van der Waals surface area (Å²) in [5.41, 5.74) is 6.63. The molecule has 5 rings (SSSR count). The van der Waals surface area contributed by atoms with Gasteiger partial charge in [0, 0.05) is 32.5 Å². The number of halogens is 2. The molecule has 2 atom stereocenters. The summed E-state index contributed by atoms with van der Waals surface area (Å²) in [6.07, 6.45) is 0. The minimum absolute atomic E-state index is 0.0518. The molecule has 0 saturated carbocycles. The normalized spacial score (nSPS) is 17.5. The van der Waals surface area contributed by atoms with E-state index < -0.39 is 0 Å². The van der Waals surface area contributed by atoms with E-state index in [9.17, 15) is 0 Å². The van der Waals surface area contributed by atoms with Crippen LogP contribution in [-0.2, 0) is 0 Å². The summed E-state index contributed by atoms with van der Waals surface area (Å²) in [7, 11) is 0. The molecule has 2 N–H and O–H groups in total. The lowest BCUT2D eigenvalue weighted by Gasteiger charge is -2.33. The van der Waals surface area contributed by atoms with Crippen molar-refractivity contribution in [2.24, 2.45) is 0 Å². The first-order valence-corrected chi connectivity index (χ1v) is 10.7. The fourth-order valence-electron chi connectivity index (χ4n) is 4.09. The Balaban J connectivity index is 1.73. The van der Waals surface area contributed by atoms with Crippen LogP contribution < -0.4 is 10.6 Å². The molecule has 0 unspecified atom stereocenters. The Kier molecular flexibility index (Phi) is 5.12. The highest BCUT2D eigenvalue weighted by Gasteiger charge is 2.27. The quantitative estimate of drug-likeness (QED) is 0.340. The molecule has 1 aliphatic heterocycles. The highest BCUT2D eigenvalue weighted by molar-refractivity contribution is 6.31. The summed E-state index contributed by atoms with van der Waals surface area (Å²) < 4.78 is 0. The van der Waals surface area contributed by atoms with E-state index in [-0.39, 0.29) is 12.1 Å². The second-order valence-electron chi connectivity index (χ2n) is 7.44. The zero-order valence-electron chi connectivity index (χ0n) is 16.1. The average Bonchev–Trinajstić information content (AvgIpc) is 2.77. The molecule has 0 amide bonds. The zero-order valence-corrected chi connectivity index (χ0v) is 17.7. The molecular formula is C26H20Cl2N2. The maximum Gasteiger partial charge on any atom is 0.0788 e.